The molecule has 1 aliphatic rings. The highest BCUT2D eigenvalue weighted by Gasteiger charge is 2.25. The van der Waals surface area contributed by atoms with Gasteiger partial charge in [0.15, 0.2) is 0 Å². The number of H-pyrrole nitrogens is 2. The number of carbonyl (C=O) groups excluding carboxylic acids is 2. The lowest BCUT2D eigenvalue weighted by molar-refractivity contribution is -0.156. The second kappa shape index (κ2) is 8.10. The van der Waals surface area contributed by atoms with Crippen LogP contribution in [0.15, 0.2) is 54.9 Å². The largest absolute Gasteiger partial charge is 0.446 e. The van der Waals surface area contributed by atoms with Crippen LogP contribution in [0.3, 0.4) is 0 Å². The highest BCUT2D eigenvalue weighted by Crippen LogP contribution is 2.28. The van der Waals surface area contributed by atoms with Crippen LogP contribution in [-0.2, 0) is 11.2 Å². The quantitative estimate of drug-likeness (QED) is 0.419. The van der Waals surface area contributed by atoms with Gasteiger partial charge in [-0.05, 0) is 36.4 Å². The standard InChI is InChI=1S/C20H16N4O.C2HF3O/c25-20-15-11-19(24-17(15)5-8-23-20)14-4-7-22-18(10-14)12-1-2-16-13(9-12)3-6-21-16;3-2(4,5)1-6/h1-4,6-7,9-11,21,24H,5,8H2,(H,23,25);1H. The fraction of sp³-hybridized carbons (Fsp3) is 0.136. The Morgan fingerprint density at radius 1 is 1.03 bits per heavy atom. The summed E-state index contributed by atoms with van der Waals surface area (Å²) in [7, 11) is 0. The van der Waals surface area contributed by atoms with Crippen molar-refractivity contribution in [2.45, 2.75) is 12.6 Å². The van der Waals surface area contributed by atoms with E-state index in [0.29, 0.717) is 6.54 Å². The molecule has 4 aromatic rings. The first-order valence-corrected chi connectivity index (χ1v) is 9.41. The van der Waals surface area contributed by atoms with Crippen molar-refractivity contribution in [1.82, 2.24) is 20.3 Å². The molecule has 4 heterocycles. The Kier molecular flexibility index (Phi) is 5.33. The molecule has 158 valence electrons. The minimum atomic E-state index is -4.64. The van der Waals surface area contributed by atoms with E-state index in [1.807, 2.05) is 24.5 Å². The molecule has 1 aliphatic heterocycles. The van der Waals surface area contributed by atoms with Crippen LogP contribution in [0.25, 0.3) is 33.4 Å². The molecule has 0 bridgehead atoms. The lowest BCUT2D eigenvalue weighted by Crippen LogP contribution is -2.31. The van der Waals surface area contributed by atoms with Crippen molar-refractivity contribution in [2.24, 2.45) is 0 Å². The lowest BCUT2D eigenvalue weighted by atomic mass is 10.1. The molecule has 0 aliphatic carbocycles. The molecular formula is C22H17F3N4O2. The van der Waals surface area contributed by atoms with E-state index < -0.39 is 12.5 Å². The number of carbonyl (C=O) groups is 2. The Bertz CT molecular complexity index is 1260. The molecule has 0 saturated heterocycles. The number of nitrogens with one attached hydrogen (secondary N) is 3. The van der Waals surface area contributed by atoms with Gasteiger partial charge < -0.3 is 15.3 Å². The van der Waals surface area contributed by atoms with Crippen LogP contribution >= 0.6 is 0 Å². The second-order valence-electron chi connectivity index (χ2n) is 6.95. The third-order valence-electron chi connectivity index (χ3n) is 4.86. The van der Waals surface area contributed by atoms with Gasteiger partial charge in [-0.3, -0.25) is 14.6 Å². The number of amides is 1. The van der Waals surface area contributed by atoms with Crippen molar-refractivity contribution < 1.29 is 22.8 Å². The number of rotatable bonds is 2. The predicted molar refractivity (Wildman–Crippen MR) is 109 cm³/mol. The van der Waals surface area contributed by atoms with Gasteiger partial charge in [-0.1, -0.05) is 6.07 Å². The molecule has 1 aromatic carbocycles. The number of pyridine rings is 1. The normalized spacial score (nSPS) is 13.2. The molecule has 0 fully saturated rings. The van der Waals surface area contributed by atoms with Crippen LogP contribution in [0.2, 0.25) is 0 Å². The molecule has 3 N–H and O–H groups in total. The molecule has 0 atom stereocenters. The minimum Gasteiger partial charge on any atom is -0.361 e. The summed E-state index contributed by atoms with van der Waals surface area (Å²) in [5.74, 6) is -0.00376. The van der Waals surface area contributed by atoms with Crippen LogP contribution < -0.4 is 5.32 Å². The topological polar surface area (TPSA) is 90.6 Å². The minimum absolute atomic E-state index is 0.00376. The molecule has 5 rings (SSSR count). The summed E-state index contributed by atoms with van der Waals surface area (Å²) < 4.78 is 31.2. The highest BCUT2D eigenvalue weighted by molar-refractivity contribution is 5.97. The molecule has 0 radical (unpaired) electrons. The Balaban J connectivity index is 0.000000342. The van der Waals surface area contributed by atoms with E-state index in [1.165, 1.54) is 0 Å². The number of hydrogen-bond acceptors (Lipinski definition) is 3. The molecule has 9 heteroatoms. The van der Waals surface area contributed by atoms with E-state index in [-0.39, 0.29) is 5.91 Å². The molecule has 0 spiro atoms. The first kappa shape index (κ1) is 20.4. The van der Waals surface area contributed by atoms with Gasteiger partial charge in [-0.2, -0.15) is 13.2 Å². The van der Waals surface area contributed by atoms with E-state index in [4.69, 9.17) is 4.79 Å². The summed E-state index contributed by atoms with van der Waals surface area (Å²) in [5, 5.41) is 4.04. The monoisotopic (exact) mass is 426 g/mol. The molecule has 3 aromatic heterocycles. The summed E-state index contributed by atoms with van der Waals surface area (Å²) in [4.78, 5) is 31.8. The SMILES string of the molecule is O=C1NCCc2[nH]c(-c3ccnc(-c4ccc5[nH]ccc5c4)c3)cc21.O=CC(F)(F)F. The fourth-order valence-electron chi connectivity index (χ4n) is 3.42. The Morgan fingerprint density at radius 3 is 2.58 bits per heavy atom. The Hall–Kier alpha value is -3.88. The third kappa shape index (κ3) is 4.50. The number of nitrogens with zero attached hydrogens (tertiary/aromatic N) is 1. The first-order chi connectivity index (χ1) is 14.8. The molecule has 31 heavy (non-hydrogen) atoms. The van der Waals surface area contributed by atoms with E-state index in [0.717, 1.165) is 51.1 Å². The fourth-order valence-corrected chi connectivity index (χ4v) is 3.42. The third-order valence-corrected chi connectivity index (χ3v) is 4.86. The van der Waals surface area contributed by atoms with Gasteiger partial charge in [0.1, 0.15) is 0 Å². The van der Waals surface area contributed by atoms with E-state index in [9.17, 15) is 18.0 Å². The van der Waals surface area contributed by atoms with E-state index >= 15 is 0 Å². The molecule has 0 saturated carbocycles. The van der Waals surface area contributed by atoms with Crippen LogP contribution in [0.4, 0.5) is 13.2 Å². The molecule has 1 amide bonds. The zero-order chi connectivity index (χ0) is 22.0. The number of aromatic nitrogens is 3. The zero-order valence-corrected chi connectivity index (χ0v) is 16.1. The van der Waals surface area contributed by atoms with Crippen molar-refractivity contribution in [3.8, 4) is 22.5 Å². The van der Waals surface area contributed by atoms with Gasteiger partial charge in [-0.25, -0.2) is 0 Å². The molecule has 6 nitrogen and oxygen atoms in total. The van der Waals surface area contributed by atoms with E-state index in [1.54, 1.807) is 0 Å². The van der Waals surface area contributed by atoms with Crippen molar-refractivity contribution in [3.63, 3.8) is 0 Å². The Labute approximate surface area is 174 Å². The van der Waals surface area contributed by atoms with Crippen molar-refractivity contribution in [2.75, 3.05) is 6.54 Å². The Morgan fingerprint density at radius 2 is 1.84 bits per heavy atom. The van der Waals surface area contributed by atoms with Gasteiger partial charge in [0, 0.05) is 58.8 Å². The number of aromatic amines is 2. The summed E-state index contributed by atoms with van der Waals surface area (Å²) in [6.45, 7) is 0.685. The maximum absolute atomic E-state index is 12.0. The summed E-state index contributed by atoms with van der Waals surface area (Å²) >= 11 is 0. The van der Waals surface area contributed by atoms with Crippen LogP contribution in [0.5, 0.6) is 0 Å². The predicted octanol–water partition coefficient (Wildman–Crippen LogP) is 4.26. The highest BCUT2D eigenvalue weighted by atomic mass is 19.4. The number of halogens is 3. The number of benzene rings is 1. The van der Waals surface area contributed by atoms with Crippen LogP contribution in [-0.4, -0.2) is 39.9 Å². The summed E-state index contributed by atoms with van der Waals surface area (Å²) in [5.41, 5.74) is 6.83. The van der Waals surface area contributed by atoms with Crippen molar-refractivity contribution in [1.29, 1.82) is 0 Å². The molecular weight excluding hydrogens is 409 g/mol. The van der Waals surface area contributed by atoms with Crippen molar-refractivity contribution in [3.05, 3.63) is 66.1 Å². The summed E-state index contributed by atoms with van der Waals surface area (Å²) in [6, 6.07) is 14.3. The van der Waals surface area contributed by atoms with Gasteiger partial charge in [0.2, 0.25) is 6.29 Å². The number of alkyl halides is 3. The average Bonchev–Trinajstić information content (AvgIpc) is 3.41. The maximum Gasteiger partial charge on any atom is 0.446 e. The average molecular weight is 426 g/mol. The maximum atomic E-state index is 12.0. The van der Waals surface area contributed by atoms with E-state index in [2.05, 4.69) is 50.6 Å². The van der Waals surface area contributed by atoms with Gasteiger partial charge in [0.05, 0.1) is 11.3 Å². The van der Waals surface area contributed by atoms with Crippen molar-refractivity contribution >= 4 is 23.1 Å². The van der Waals surface area contributed by atoms with Gasteiger partial charge in [0.25, 0.3) is 5.91 Å². The number of hydrogen-bond donors (Lipinski definition) is 3. The first-order valence-electron chi connectivity index (χ1n) is 9.41. The second-order valence-corrected chi connectivity index (χ2v) is 6.95. The lowest BCUT2D eigenvalue weighted by Gasteiger charge is -2.10. The smallest absolute Gasteiger partial charge is 0.361 e. The van der Waals surface area contributed by atoms with Crippen LogP contribution in [0, 0.1) is 0 Å². The van der Waals surface area contributed by atoms with Gasteiger partial charge >= 0.3 is 6.18 Å². The summed E-state index contributed by atoms with van der Waals surface area (Å²) in [6.07, 6.45) is -1.12. The molecule has 0 unspecified atom stereocenters. The number of aldehydes is 1. The van der Waals surface area contributed by atoms with Crippen LogP contribution in [0.1, 0.15) is 16.1 Å². The zero-order valence-electron chi connectivity index (χ0n) is 16.1. The van der Waals surface area contributed by atoms with Gasteiger partial charge in [-0.15, -0.1) is 0 Å². The number of fused-ring (bicyclic) bond motifs is 2.